The van der Waals surface area contributed by atoms with Gasteiger partial charge in [-0.2, -0.15) is 0 Å². The molecule has 0 aromatic heterocycles. The summed E-state index contributed by atoms with van der Waals surface area (Å²) in [4.78, 5) is 2.04. The molecule has 1 aromatic carbocycles. The van der Waals surface area contributed by atoms with Gasteiger partial charge in [-0.05, 0) is 26.0 Å². The molecular formula is C12H19N3. The molecule has 0 radical (unpaired) electrons. The van der Waals surface area contributed by atoms with Crippen LogP contribution < -0.4 is 5.32 Å². The molecule has 1 aromatic rings. The van der Waals surface area contributed by atoms with Gasteiger partial charge in [-0.1, -0.05) is 18.2 Å². The van der Waals surface area contributed by atoms with Crippen LogP contribution in [-0.2, 0) is 0 Å². The Hall–Kier alpha value is -1.51. The van der Waals surface area contributed by atoms with Crippen molar-refractivity contribution in [3.05, 3.63) is 30.3 Å². The third-order valence-electron chi connectivity index (χ3n) is 2.34. The SMILES string of the molecule is CCN(CCNc1ccccc1)C(C)=N. The van der Waals surface area contributed by atoms with E-state index in [9.17, 15) is 0 Å². The first-order chi connectivity index (χ1) is 7.24. The van der Waals surface area contributed by atoms with E-state index >= 15 is 0 Å². The van der Waals surface area contributed by atoms with E-state index in [0.29, 0.717) is 5.84 Å². The van der Waals surface area contributed by atoms with Crippen molar-refractivity contribution in [3.8, 4) is 0 Å². The number of nitrogens with one attached hydrogen (secondary N) is 2. The highest BCUT2D eigenvalue weighted by Gasteiger charge is 2.00. The zero-order valence-corrected chi connectivity index (χ0v) is 9.46. The number of hydrogen-bond acceptors (Lipinski definition) is 2. The maximum absolute atomic E-state index is 7.53. The number of anilines is 1. The maximum Gasteiger partial charge on any atom is 0.0926 e. The third-order valence-corrected chi connectivity index (χ3v) is 2.34. The largest absolute Gasteiger partial charge is 0.383 e. The van der Waals surface area contributed by atoms with E-state index in [-0.39, 0.29) is 0 Å². The fraction of sp³-hybridized carbons (Fsp3) is 0.417. The second-order valence-corrected chi connectivity index (χ2v) is 3.46. The quantitative estimate of drug-likeness (QED) is 0.572. The standard InChI is InChI=1S/C12H19N3/c1-3-15(11(2)13)10-9-14-12-7-5-4-6-8-12/h4-8,13-14H,3,9-10H2,1-2H3. The van der Waals surface area contributed by atoms with Gasteiger partial charge in [0, 0.05) is 25.3 Å². The molecule has 0 fully saturated rings. The fourth-order valence-corrected chi connectivity index (χ4v) is 1.45. The van der Waals surface area contributed by atoms with E-state index in [4.69, 9.17) is 5.41 Å². The molecule has 3 heteroatoms. The Morgan fingerprint density at radius 3 is 2.53 bits per heavy atom. The number of rotatable bonds is 5. The first-order valence-electron chi connectivity index (χ1n) is 5.33. The first-order valence-corrected chi connectivity index (χ1v) is 5.33. The van der Waals surface area contributed by atoms with E-state index in [0.717, 1.165) is 25.3 Å². The summed E-state index contributed by atoms with van der Waals surface area (Å²) in [6.07, 6.45) is 0. The highest BCUT2D eigenvalue weighted by molar-refractivity contribution is 5.76. The number of hydrogen-bond donors (Lipinski definition) is 2. The maximum atomic E-state index is 7.53. The number of likely N-dealkylation sites (N-methyl/N-ethyl adjacent to an activating group) is 1. The molecule has 0 atom stereocenters. The van der Waals surface area contributed by atoms with Crippen LogP contribution in [0, 0.1) is 5.41 Å². The molecular weight excluding hydrogens is 186 g/mol. The average molecular weight is 205 g/mol. The smallest absolute Gasteiger partial charge is 0.0926 e. The van der Waals surface area contributed by atoms with Gasteiger partial charge in [0.05, 0.1) is 5.84 Å². The predicted molar refractivity (Wildman–Crippen MR) is 65.6 cm³/mol. The molecule has 0 bridgehead atoms. The molecule has 15 heavy (non-hydrogen) atoms. The zero-order valence-electron chi connectivity index (χ0n) is 9.46. The minimum atomic E-state index is 0.632. The summed E-state index contributed by atoms with van der Waals surface area (Å²) in [5.74, 6) is 0.632. The lowest BCUT2D eigenvalue weighted by atomic mass is 10.3. The van der Waals surface area contributed by atoms with Gasteiger partial charge in [0.15, 0.2) is 0 Å². The summed E-state index contributed by atoms with van der Waals surface area (Å²) in [6, 6.07) is 10.1. The van der Waals surface area contributed by atoms with E-state index < -0.39 is 0 Å². The molecule has 0 unspecified atom stereocenters. The molecule has 0 saturated heterocycles. The van der Waals surface area contributed by atoms with Gasteiger partial charge in [0.1, 0.15) is 0 Å². The lowest BCUT2D eigenvalue weighted by Gasteiger charge is -2.21. The molecule has 0 spiro atoms. The summed E-state index contributed by atoms with van der Waals surface area (Å²) >= 11 is 0. The normalized spacial score (nSPS) is 9.73. The highest BCUT2D eigenvalue weighted by atomic mass is 15.2. The van der Waals surface area contributed by atoms with Gasteiger partial charge in [-0.25, -0.2) is 0 Å². The van der Waals surface area contributed by atoms with E-state index in [1.165, 1.54) is 0 Å². The second-order valence-electron chi connectivity index (χ2n) is 3.46. The lowest BCUT2D eigenvalue weighted by Crippen LogP contribution is -2.32. The van der Waals surface area contributed by atoms with E-state index in [1.807, 2.05) is 42.2 Å². The fourth-order valence-electron chi connectivity index (χ4n) is 1.45. The van der Waals surface area contributed by atoms with Gasteiger partial charge in [-0.15, -0.1) is 0 Å². The van der Waals surface area contributed by atoms with Crippen molar-refractivity contribution >= 4 is 11.5 Å². The van der Waals surface area contributed by atoms with Crippen molar-refractivity contribution < 1.29 is 0 Å². The average Bonchev–Trinajstić information content (AvgIpc) is 2.25. The third kappa shape index (κ3) is 4.02. The molecule has 0 saturated carbocycles. The Bertz CT molecular complexity index is 295. The Morgan fingerprint density at radius 2 is 2.00 bits per heavy atom. The van der Waals surface area contributed by atoms with Gasteiger partial charge in [-0.3, -0.25) is 5.41 Å². The summed E-state index contributed by atoms with van der Waals surface area (Å²) in [7, 11) is 0. The van der Waals surface area contributed by atoms with Crippen molar-refractivity contribution in [1.29, 1.82) is 5.41 Å². The monoisotopic (exact) mass is 205 g/mol. The summed E-state index contributed by atoms with van der Waals surface area (Å²) in [5.41, 5.74) is 1.14. The lowest BCUT2D eigenvalue weighted by molar-refractivity contribution is 0.451. The van der Waals surface area contributed by atoms with Crippen LogP contribution in [-0.4, -0.2) is 30.4 Å². The molecule has 82 valence electrons. The van der Waals surface area contributed by atoms with Crippen molar-refractivity contribution in [2.45, 2.75) is 13.8 Å². The number of amidine groups is 1. The van der Waals surface area contributed by atoms with Crippen molar-refractivity contribution in [3.63, 3.8) is 0 Å². The molecule has 0 heterocycles. The molecule has 1 rings (SSSR count). The molecule has 0 aliphatic carbocycles. The predicted octanol–water partition coefficient (Wildman–Crippen LogP) is 2.42. The van der Waals surface area contributed by atoms with Crippen LogP contribution >= 0.6 is 0 Å². The van der Waals surface area contributed by atoms with E-state index in [2.05, 4.69) is 12.2 Å². The molecule has 0 amide bonds. The Labute approximate surface area is 91.6 Å². The first kappa shape index (κ1) is 11.6. The Balaban J connectivity index is 2.30. The second kappa shape index (κ2) is 6.06. The zero-order chi connectivity index (χ0) is 11.1. The van der Waals surface area contributed by atoms with Gasteiger partial charge in [0.25, 0.3) is 0 Å². The molecule has 0 aliphatic rings. The van der Waals surface area contributed by atoms with Crippen LogP contribution in [0.4, 0.5) is 5.69 Å². The van der Waals surface area contributed by atoms with Gasteiger partial charge < -0.3 is 10.2 Å². The van der Waals surface area contributed by atoms with Gasteiger partial charge >= 0.3 is 0 Å². The summed E-state index contributed by atoms with van der Waals surface area (Å²) in [6.45, 7) is 6.53. The molecule has 3 nitrogen and oxygen atoms in total. The van der Waals surface area contributed by atoms with Crippen LogP contribution in [0.5, 0.6) is 0 Å². The van der Waals surface area contributed by atoms with E-state index in [1.54, 1.807) is 0 Å². The summed E-state index contributed by atoms with van der Waals surface area (Å²) in [5, 5.41) is 10.9. The van der Waals surface area contributed by atoms with Crippen LogP contribution in [0.15, 0.2) is 30.3 Å². The summed E-state index contributed by atoms with van der Waals surface area (Å²) < 4.78 is 0. The minimum Gasteiger partial charge on any atom is -0.383 e. The number of benzene rings is 1. The van der Waals surface area contributed by atoms with Gasteiger partial charge in [0.2, 0.25) is 0 Å². The van der Waals surface area contributed by atoms with Crippen molar-refractivity contribution in [2.75, 3.05) is 25.0 Å². The van der Waals surface area contributed by atoms with Crippen molar-refractivity contribution in [1.82, 2.24) is 4.90 Å². The minimum absolute atomic E-state index is 0.632. The molecule has 2 N–H and O–H groups in total. The topological polar surface area (TPSA) is 39.1 Å². The Kier molecular flexibility index (Phi) is 4.68. The van der Waals surface area contributed by atoms with Crippen LogP contribution in [0.2, 0.25) is 0 Å². The van der Waals surface area contributed by atoms with Crippen molar-refractivity contribution in [2.24, 2.45) is 0 Å². The van der Waals surface area contributed by atoms with Crippen LogP contribution in [0.3, 0.4) is 0 Å². The molecule has 0 aliphatic heterocycles. The number of nitrogens with zero attached hydrogens (tertiary/aromatic N) is 1. The van der Waals surface area contributed by atoms with Crippen LogP contribution in [0.1, 0.15) is 13.8 Å². The van der Waals surface area contributed by atoms with Crippen LogP contribution in [0.25, 0.3) is 0 Å². The number of para-hydroxylation sites is 1. The Morgan fingerprint density at radius 1 is 1.33 bits per heavy atom. The highest BCUT2D eigenvalue weighted by Crippen LogP contribution is 2.04.